The van der Waals surface area contributed by atoms with Gasteiger partial charge in [-0.25, -0.2) is 0 Å². The lowest BCUT2D eigenvalue weighted by Gasteiger charge is -2.25. The summed E-state index contributed by atoms with van der Waals surface area (Å²) >= 11 is 0. The van der Waals surface area contributed by atoms with Crippen molar-refractivity contribution < 1.29 is 9.90 Å². The first-order valence-electron chi connectivity index (χ1n) is 7.12. The fourth-order valence-corrected chi connectivity index (χ4v) is 2.82. The molecule has 1 fully saturated rings. The Hall–Kier alpha value is -1.86. The molecule has 0 radical (unpaired) electrons. The van der Waals surface area contributed by atoms with Crippen LogP contribution >= 0.6 is 0 Å². The predicted molar refractivity (Wildman–Crippen MR) is 75.8 cm³/mol. The number of nitrogens with zero attached hydrogens (tertiary/aromatic N) is 2. The van der Waals surface area contributed by atoms with E-state index in [0.717, 1.165) is 31.5 Å². The van der Waals surface area contributed by atoms with E-state index in [0.29, 0.717) is 6.42 Å². The largest absolute Gasteiger partial charge is 0.396 e. The molecule has 2 rings (SSSR count). The van der Waals surface area contributed by atoms with Crippen molar-refractivity contribution in [1.29, 1.82) is 5.26 Å². The van der Waals surface area contributed by atoms with Gasteiger partial charge in [0.05, 0.1) is 6.07 Å². The van der Waals surface area contributed by atoms with Gasteiger partial charge in [0.1, 0.15) is 5.92 Å². The van der Waals surface area contributed by atoms with Gasteiger partial charge in [0, 0.05) is 25.6 Å². The first-order valence-corrected chi connectivity index (χ1v) is 7.12. The van der Waals surface area contributed by atoms with Gasteiger partial charge in [0.15, 0.2) is 0 Å². The Balaban J connectivity index is 2.21. The van der Waals surface area contributed by atoms with Crippen molar-refractivity contribution in [3.63, 3.8) is 0 Å². The summed E-state index contributed by atoms with van der Waals surface area (Å²) in [7, 11) is 0. The van der Waals surface area contributed by atoms with E-state index in [-0.39, 0.29) is 18.4 Å². The fourth-order valence-electron chi connectivity index (χ4n) is 2.82. The molecule has 2 unspecified atom stereocenters. The maximum Gasteiger partial charge on any atom is 0.240 e. The van der Waals surface area contributed by atoms with Crippen LogP contribution in [-0.2, 0) is 4.79 Å². The van der Waals surface area contributed by atoms with Crippen LogP contribution in [-0.4, -0.2) is 35.6 Å². The molecule has 2 atom stereocenters. The lowest BCUT2D eigenvalue weighted by Crippen LogP contribution is -2.36. The van der Waals surface area contributed by atoms with E-state index >= 15 is 0 Å². The summed E-state index contributed by atoms with van der Waals surface area (Å²) in [6, 6.07) is 11.7. The van der Waals surface area contributed by atoms with Crippen molar-refractivity contribution in [2.45, 2.75) is 25.2 Å². The van der Waals surface area contributed by atoms with Gasteiger partial charge in [-0.3, -0.25) is 4.79 Å². The van der Waals surface area contributed by atoms with Gasteiger partial charge < -0.3 is 10.0 Å². The quantitative estimate of drug-likeness (QED) is 0.890. The Morgan fingerprint density at radius 1 is 1.30 bits per heavy atom. The number of rotatable bonds is 5. The van der Waals surface area contributed by atoms with Crippen LogP contribution in [0.25, 0.3) is 0 Å². The summed E-state index contributed by atoms with van der Waals surface area (Å²) in [4.78, 5) is 14.3. The van der Waals surface area contributed by atoms with Crippen LogP contribution < -0.4 is 0 Å². The minimum atomic E-state index is -0.706. The number of hydrogen-bond donors (Lipinski definition) is 1. The maximum atomic E-state index is 12.5. The predicted octanol–water partition coefficient (Wildman–Crippen LogP) is 1.91. The number of hydrogen-bond acceptors (Lipinski definition) is 3. The van der Waals surface area contributed by atoms with Gasteiger partial charge in [-0.05, 0) is 24.8 Å². The summed E-state index contributed by atoms with van der Waals surface area (Å²) in [6.07, 6.45) is 2.46. The Morgan fingerprint density at radius 2 is 1.95 bits per heavy atom. The van der Waals surface area contributed by atoms with E-state index in [9.17, 15) is 15.2 Å². The molecule has 1 aliphatic heterocycles. The molecule has 1 saturated heterocycles. The van der Waals surface area contributed by atoms with E-state index in [1.807, 2.05) is 30.3 Å². The summed E-state index contributed by atoms with van der Waals surface area (Å²) in [5.41, 5.74) is 0.945. The monoisotopic (exact) mass is 272 g/mol. The summed E-state index contributed by atoms with van der Waals surface area (Å²) in [5, 5.41) is 18.7. The van der Waals surface area contributed by atoms with Crippen molar-refractivity contribution in [2.75, 3.05) is 19.7 Å². The minimum absolute atomic E-state index is 0.0228. The van der Waals surface area contributed by atoms with Crippen molar-refractivity contribution in [1.82, 2.24) is 4.90 Å². The molecule has 0 saturated carbocycles. The first kappa shape index (κ1) is 14.5. The normalized spacial score (nSPS) is 17.5. The number of aliphatic hydroxyl groups excluding tert-OH is 1. The number of amides is 1. The van der Waals surface area contributed by atoms with Crippen LogP contribution in [0.2, 0.25) is 0 Å². The maximum absolute atomic E-state index is 12.5. The van der Waals surface area contributed by atoms with Crippen molar-refractivity contribution in [2.24, 2.45) is 5.92 Å². The second-order valence-corrected chi connectivity index (χ2v) is 5.17. The van der Waals surface area contributed by atoms with Crippen LogP contribution in [0.4, 0.5) is 0 Å². The highest BCUT2D eigenvalue weighted by atomic mass is 16.3. The molecule has 1 aromatic carbocycles. The third-order valence-corrected chi connectivity index (χ3v) is 3.89. The second kappa shape index (κ2) is 7.06. The van der Waals surface area contributed by atoms with E-state index < -0.39 is 5.92 Å². The third kappa shape index (κ3) is 3.17. The first-order chi connectivity index (χ1) is 9.77. The van der Waals surface area contributed by atoms with Crippen LogP contribution in [0.15, 0.2) is 30.3 Å². The Kier molecular flexibility index (Phi) is 5.14. The number of aliphatic hydroxyl groups is 1. The van der Waals surface area contributed by atoms with E-state index in [2.05, 4.69) is 6.07 Å². The van der Waals surface area contributed by atoms with Crippen LogP contribution in [0.3, 0.4) is 0 Å². The van der Waals surface area contributed by atoms with Crippen LogP contribution in [0, 0.1) is 17.2 Å². The summed E-state index contributed by atoms with van der Waals surface area (Å²) in [6.45, 7) is 1.47. The highest BCUT2D eigenvalue weighted by Gasteiger charge is 2.33. The van der Waals surface area contributed by atoms with E-state index in [1.54, 1.807) is 4.90 Å². The third-order valence-electron chi connectivity index (χ3n) is 3.89. The molecule has 1 N–H and O–H groups in total. The van der Waals surface area contributed by atoms with Gasteiger partial charge in [-0.1, -0.05) is 30.3 Å². The molecule has 4 nitrogen and oxygen atoms in total. The number of carbonyl (C=O) groups is 1. The molecule has 1 aliphatic rings. The molecule has 1 heterocycles. The van der Waals surface area contributed by atoms with E-state index in [1.165, 1.54) is 0 Å². The number of nitriles is 1. The molecular weight excluding hydrogens is 252 g/mol. The minimum Gasteiger partial charge on any atom is -0.396 e. The zero-order chi connectivity index (χ0) is 14.4. The average Bonchev–Trinajstić information content (AvgIpc) is 3.02. The molecule has 0 bridgehead atoms. The van der Waals surface area contributed by atoms with Crippen LogP contribution in [0.1, 0.15) is 30.7 Å². The van der Waals surface area contributed by atoms with Gasteiger partial charge in [-0.15, -0.1) is 0 Å². The molecule has 106 valence electrons. The number of likely N-dealkylation sites (tertiary alicyclic amines) is 1. The van der Waals surface area contributed by atoms with E-state index in [4.69, 9.17) is 0 Å². The smallest absolute Gasteiger partial charge is 0.240 e. The summed E-state index contributed by atoms with van der Waals surface area (Å²) in [5.74, 6) is -1.03. The van der Waals surface area contributed by atoms with Crippen molar-refractivity contribution in [3.8, 4) is 6.07 Å². The van der Waals surface area contributed by atoms with Gasteiger partial charge >= 0.3 is 0 Å². The summed E-state index contributed by atoms with van der Waals surface area (Å²) < 4.78 is 0. The fraction of sp³-hybridized carbons (Fsp3) is 0.500. The van der Waals surface area contributed by atoms with Crippen LogP contribution in [0.5, 0.6) is 0 Å². The molecule has 1 aromatic rings. The number of benzene rings is 1. The lowest BCUT2D eigenvalue weighted by molar-refractivity contribution is -0.133. The van der Waals surface area contributed by atoms with Gasteiger partial charge in [-0.2, -0.15) is 5.26 Å². The standard InChI is InChI=1S/C16H20N2O2/c17-12-15(16(20)18-9-4-5-10-18)14(8-11-19)13-6-2-1-3-7-13/h1-3,6-7,14-15,19H,4-5,8-11H2. The molecule has 1 amide bonds. The molecular formula is C16H20N2O2. The molecule has 0 spiro atoms. The highest BCUT2D eigenvalue weighted by molar-refractivity contribution is 5.82. The Labute approximate surface area is 119 Å². The molecule has 0 aromatic heterocycles. The molecule has 0 aliphatic carbocycles. The topological polar surface area (TPSA) is 64.3 Å². The number of carbonyl (C=O) groups excluding carboxylic acids is 1. The zero-order valence-electron chi connectivity index (χ0n) is 11.5. The SMILES string of the molecule is N#CC(C(=O)N1CCCC1)C(CCO)c1ccccc1. The van der Waals surface area contributed by atoms with Crippen molar-refractivity contribution >= 4 is 5.91 Å². The van der Waals surface area contributed by atoms with Gasteiger partial charge in [0.25, 0.3) is 0 Å². The Bertz CT molecular complexity index is 475. The second-order valence-electron chi connectivity index (χ2n) is 5.17. The Morgan fingerprint density at radius 3 is 2.50 bits per heavy atom. The molecule has 4 heteroatoms. The zero-order valence-corrected chi connectivity index (χ0v) is 11.5. The lowest BCUT2D eigenvalue weighted by atomic mass is 9.83. The van der Waals surface area contributed by atoms with Gasteiger partial charge in [0.2, 0.25) is 5.91 Å². The average molecular weight is 272 g/mol. The van der Waals surface area contributed by atoms with Crippen molar-refractivity contribution in [3.05, 3.63) is 35.9 Å². The highest BCUT2D eigenvalue weighted by Crippen LogP contribution is 2.30. The molecule has 20 heavy (non-hydrogen) atoms.